The average molecular weight is 475 g/mol. The molecular weight excluding hydrogens is 436 g/mol. The van der Waals surface area contributed by atoms with E-state index in [1.807, 2.05) is 10.7 Å². The van der Waals surface area contributed by atoms with Gasteiger partial charge in [-0.15, -0.1) is 0 Å². The van der Waals surface area contributed by atoms with E-state index < -0.39 is 0 Å². The lowest BCUT2D eigenvalue weighted by atomic mass is 9.93. The molecule has 2 atom stereocenters. The van der Waals surface area contributed by atoms with Crippen molar-refractivity contribution in [2.45, 2.75) is 45.1 Å². The number of allylic oxidation sites excluding steroid dienone is 3. The molecule has 2 aliphatic carbocycles. The van der Waals surface area contributed by atoms with Gasteiger partial charge in [0.15, 0.2) is 0 Å². The van der Waals surface area contributed by atoms with Crippen LogP contribution in [0.2, 0.25) is 0 Å². The van der Waals surface area contributed by atoms with Crippen molar-refractivity contribution in [1.82, 2.24) is 24.3 Å². The molecule has 1 unspecified atom stereocenters. The van der Waals surface area contributed by atoms with Crippen molar-refractivity contribution in [3.8, 4) is 0 Å². The van der Waals surface area contributed by atoms with Crippen LogP contribution in [0.15, 0.2) is 48.5 Å². The van der Waals surface area contributed by atoms with Crippen LogP contribution >= 0.6 is 0 Å². The molecule has 0 aromatic carbocycles. The number of carbonyl (C=O) groups excluding carboxylic acids is 1. The lowest BCUT2D eigenvalue weighted by Crippen LogP contribution is -2.51. The molecule has 35 heavy (non-hydrogen) atoms. The van der Waals surface area contributed by atoms with E-state index in [-0.39, 0.29) is 0 Å². The van der Waals surface area contributed by atoms with Crippen LogP contribution in [0.3, 0.4) is 0 Å². The highest BCUT2D eigenvalue weighted by Gasteiger charge is 2.35. The monoisotopic (exact) mass is 474 g/mol. The summed E-state index contributed by atoms with van der Waals surface area (Å²) in [5, 5.41) is 4.61. The van der Waals surface area contributed by atoms with Gasteiger partial charge in [0.1, 0.15) is 0 Å². The Morgan fingerprint density at radius 1 is 1.09 bits per heavy atom. The third-order valence-electron chi connectivity index (χ3n) is 8.41. The minimum atomic E-state index is 0.310. The normalized spacial score (nSPS) is 25.9. The van der Waals surface area contributed by atoms with Crippen LogP contribution in [0.5, 0.6) is 0 Å². The highest BCUT2D eigenvalue weighted by Crippen LogP contribution is 2.34. The van der Waals surface area contributed by atoms with Gasteiger partial charge >= 0.3 is 0 Å². The zero-order chi connectivity index (χ0) is 23.9. The predicted molar refractivity (Wildman–Crippen MR) is 140 cm³/mol. The Morgan fingerprint density at radius 3 is 2.57 bits per heavy atom. The maximum absolute atomic E-state index is 12.4. The van der Waals surface area contributed by atoms with Crippen molar-refractivity contribution in [2.75, 3.05) is 57.3 Å². The highest BCUT2D eigenvalue weighted by molar-refractivity contribution is 5.81. The van der Waals surface area contributed by atoms with Crippen molar-refractivity contribution >= 4 is 17.1 Å². The Bertz CT molecular complexity index is 1140. The molecule has 0 N–H and O–H groups in total. The zero-order valence-corrected chi connectivity index (χ0v) is 21.1. The third kappa shape index (κ3) is 4.46. The average Bonchev–Trinajstić information content (AvgIpc) is 3.66. The van der Waals surface area contributed by atoms with Crippen molar-refractivity contribution in [3.63, 3.8) is 0 Å². The second kappa shape index (κ2) is 9.34. The number of amides is 1. The molecule has 0 bridgehead atoms. The molecule has 7 nitrogen and oxygen atoms in total. The Labute approximate surface area is 208 Å². The topological polar surface area (TPSA) is 47.3 Å². The smallest absolute Gasteiger partial charge is 0.225 e. The van der Waals surface area contributed by atoms with E-state index in [1.54, 1.807) is 0 Å². The molecule has 2 aromatic heterocycles. The summed E-state index contributed by atoms with van der Waals surface area (Å²) in [7, 11) is 0. The van der Waals surface area contributed by atoms with Gasteiger partial charge in [0.05, 0.1) is 11.2 Å². The van der Waals surface area contributed by atoms with Crippen LogP contribution in [-0.4, -0.2) is 88.6 Å². The Balaban J connectivity index is 1.13. The number of fused-ring (bicyclic) bond motifs is 1. The third-order valence-corrected chi connectivity index (χ3v) is 8.41. The maximum Gasteiger partial charge on any atom is 0.225 e. The summed E-state index contributed by atoms with van der Waals surface area (Å²) < 4.78 is 2.03. The second-order valence-corrected chi connectivity index (χ2v) is 10.7. The number of piperazine rings is 2. The summed E-state index contributed by atoms with van der Waals surface area (Å²) in [5.41, 5.74) is 5.09. The predicted octanol–water partition coefficient (Wildman–Crippen LogP) is 3.35. The second-order valence-electron chi connectivity index (χ2n) is 10.7. The first-order valence-corrected chi connectivity index (χ1v) is 13.5. The summed E-state index contributed by atoms with van der Waals surface area (Å²) in [6.07, 6.45) is 14.4. The fourth-order valence-electron chi connectivity index (χ4n) is 6.04. The summed E-state index contributed by atoms with van der Waals surface area (Å²) in [6.45, 7) is 12.5. The molecular formula is C28H38N6O. The zero-order valence-electron chi connectivity index (χ0n) is 21.1. The van der Waals surface area contributed by atoms with Crippen LogP contribution in [0.1, 0.15) is 44.6 Å². The van der Waals surface area contributed by atoms with Crippen molar-refractivity contribution in [3.05, 3.63) is 54.0 Å². The Kier molecular flexibility index (Phi) is 6.04. The Morgan fingerprint density at radius 2 is 1.89 bits per heavy atom. The van der Waals surface area contributed by atoms with E-state index in [1.165, 1.54) is 16.9 Å². The fraction of sp³-hybridized carbons (Fsp3) is 0.571. The molecule has 2 saturated heterocycles. The number of carbonyl (C=O) groups is 1. The first kappa shape index (κ1) is 22.7. The number of rotatable bonds is 5. The largest absolute Gasteiger partial charge is 0.369 e. The number of aromatic nitrogens is 2. The van der Waals surface area contributed by atoms with Gasteiger partial charge in [-0.25, -0.2) is 4.52 Å². The molecule has 3 fully saturated rings. The van der Waals surface area contributed by atoms with E-state index in [4.69, 9.17) is 0 Å². The molecule has 7 heteroatoms. The Hall–Kier alpha value is -2.80. The van der Waals surface area contributed by atoms with E-state index in [2.05, 4.69) is 75.1 Å². The van der Waals surface area contributed by atoms with Gasteiger partial charge in [0, 0.05) is 81.8 Å². The quantitative estimate of drug-likeness (QED) is 0.665. The van der Waals surface area contributed by atoms with Crippen LogP contribution in [-0.2, 0) is 4.79 Å². The minimum Gasteiger partial charge on any atom is -0.369 e. The van der Waals surface area contributed by atoms with Crippen molar-refractivity contribution in [1.29, 1.82) is 0 Å². The first-order chi connectivity index (χ1) is 17.1. The number of hydrogen-bond acceptors (Lipinski definition) is 5. The lowest BCUT2D eigenvalue weighted by molar-refractivity contribution is -0.132. The van der Waals surface area contributed by atoms with Gasteiger partial charge in [-0.3, -0.25) is 9.69 Å². The van der Waals surface area contributed by atoms with Crippen molar-refractivity contribution in [2.24, 2.45) is 5.92 Å². The molecule has 1 saturated carbocycles. The fourth-order valence-corrected chi connectivity index (χ4v) is 6.04. The molecule has 2 aliphatic heterocycles. The van der Waals surface area contributed by atoms with Crippen LogP contribution < -0.4 is 4.90 Å². The minimum absolute atomic E-state index is 0.310. The maximum atomic E-state index is 12.4. The number of likely N-dealkylation sites (N-methyl/N-ethyl adjacent to an activating group) is 1. The summed E-state index contributed by atoms with van der Waals surface area (Å²) in [4.78, 5) is 22.0. The molecule has 1 amide bonds. The molecule has 0 radical (unpaired) electrons. The standard InChI is InChI=1S/C28H38N6O/c1-3-30-12-17-33(19-21(30)2)25-8-6-22(7-9-25)24-18-27-26(10-11-29-34(27)20-24)31-13-15-32(16-14-31)28(35)23-4-5-23/h6,8-11,18,20-23H,3-5,7,12-17,19H2,1-2H3/t21-,22?/m0/s1. The van der Waals surface area contributed by atoms with E-state index in [0.29, 0.717) is 23.8 Å². The van der Waals surface area contributed by atoms with Gasteiger partial charge in [0.2, 0.25) is 5.91 Å². The summed E-state index contributed by atoms with van der Waals surface area (Å²) in [6, 6.07) is 5.05. The van der Waals surface area contributed by atoms with E-state index in [9.17, 15) is 4.79 Å². The van der Waals surface area contributed by atoms with Crippen LogP contribution in [0, 0.1) is 5.92 Å². The molecule has 0 spiro atoms. The van der Waals surface area contributed by atoms with Crippen molar-refractivity contribution < 1.29 is 4.79 Å². The number of anilines is 1. The first-order valence-electron chi connectivity index (χ1n) is 13.5. The molecule has 2 aromatic rings. The van der Waals surface area contributed by atoms with Gasteiger partial charge < -0.3 is 14.7 Å². The van der Waals surface area contributed by atoms with E-state index in [0.717, 1.165) is 77.1 Å². The van der Waals surface area contributed by atoms with Crippen LogP contribution in [0.4, 0.5) is 5.69 Å². The summed E-state index contributed by atoms with van der Waals surface area (Å²) in [5.74, 6) is 1.06. The molecule has 6 rings (SSSR count). The van der Waals surface area contributed by atoms with Gasteiger partial charge in [0.25, 0.3) is 0 Å². The van der Waals surface area contributed by atoms with Gasteiger partial charge in [-0.05, 0) is 56.5 Å². The summed E-state index contributed by atoms with van der Waals surface area (Å²) >= 11 is 0. The molecule has 4 aliphatic rings. The van der Waals surface area contributed by atoms with Crippen LogP contribution in [0.25, 0.3) is 5.52 Å². The SMILES string of the molecule is CCN1CCN(C2=CCC(c3cc4c(N5CCN(C(=O)C6CC6)CC5)ccnn4c3)C=C2)C[C@@H]1C. The number of hydrogen-bond donors (Lipinski definition) is 0. The molecule has 4 heterocycles. The lowest BCUT2D eigenvalue weighted by Gasteiger charge is -2.41. The van der Waals surface area contributed by atoms with Gasteiger partial charge in [-0.1, -0.05) is 19.1 Å². The van der Waals surface area contributed by atoms with Gasteiger partial charge in [-0.2, -0.15) is 5.10 Å². The molecule has 186 valence electrons. The van der Waals surface area contributed by atoms with E-state index >= 15 is 0 Å². The number of nitrogens with zero attached hydrogens (tertiary/aromatic N) is 6. The highest BCUT2D eigenvalue weighted by atomic mass is 16.2.